The lowest BCUT2D eigenvalue weighted by Gasteiger charge is -2.46. The molecule has 26 heavy (non-hydrogen) atoms. The molecule has 6 heteroatoms. The summed E-state index contributed by atoms with van der Waals surface area (Å²) < 4.78 is 20.1. The first-order valence-electron chi connectivity index (χ1n) is 9.11. The first-order valence-corrected chi connectivity index (χ1v) is 9.11. The van der Waals surface area contributed by atoms with E-state index in [0.29, 0.717) is 18.8 Å². The highest BCUT2D eigenvalue weighted by molar-refractivity contribution is 5.97. The number of carboxylic acids is 1. The van der Waals surface area contributed by atoms with Gasteiger partial charge in [-0.3, -0.25) is 9.69 Å². The Morgan fingerprint density at radius 1 is 1.23 bits per heavy atom. The maximum absolute atomic E-state index is 14.2. The van der Waals surface area contributed by atoms with Gasteiger partial charge in [0.25, 0.3) is 5.91 Å². The van der Waals surface area contributed by atoms with Gasteiger partial charge in [0.1, 0.15) is 11.5 Å². The van der Waals surface area contributed by atoms with Crippen molar-refractivity contribution in [3.05, 3.63) is 35.6 Å². The highest BCUT2D eigenvalue weighted by atomic mass is 19.1. The van der Waals surface area contributed by atoms with Gasteiger partial charge in [0.15, 0.2) is 6.04 Å². The number of benzene rings is 1. The van der Waals surface area contributed by atoms with E-state index in [1.807, 2.05) is 0 Å². The van der Waals surface area contributed by atoms with Gasteiger partial charge >= 0.3 is 5.97 Å². The minimum atomic E-state index is -1.12. The van der Waals surface area contributed by atoms with Crippen molar-refractivity contribution < 1.29 is 23.8 Å². The molecule has 1 atom stereocenters. The molecule has 5 nitrogen and oxygen atoms in total. The van der Waals surface area contributed by atoms with E-state index in [1.54, 1.807) is 6.07 Å². The maximum atomic E-state index is 14.2. The molecular weight excluding hydrogens is 337 g/mol. The highest BCUT2D eigenvalue weighted by Crippen LogP contribution is 2.47. The Balaban J connectivity index is 1.92. The van der Waals surface area contributed by atoms with E-state index in [2.05, 4.69) is 20.8 Å². The summed E-state index contributed by atoms with van der Waals surface area (Å²) >= 11 is 0. The van der Waals surface area contributed by atoms with Crippen LogP contribution in [0.25, 0.3) is 0 Å². The van der Waals surface area contributed by atoms with Gasteiger partial charge in [-0.2, -0.15) is 0 Å². The fraction of sp³-hybridized carbons (Fsp3) is 0.600. The largest absolute Gasteiger partial charge is 0.480 e. The van der Waals surface area contributed by atoms with Crippen LogP contribution < -0.4 is 0 Å². The molecule has 1 N–H and O–H groups in total. The summed E-state index contributed by atoms with van der Waals surface area (Å²) in [5.41, 5.74) is -0.918. The molecule has 1 heterocycles. The molecular formula is C20H26FNO4. The molecule has 0 radical (unpaired) electrons. The van der Waals surface area contributed by atoms with E-state index >= 15 is 0 Å². The summed E-state index contributed by atoms with van der Waals surface area (Å²) in [6, 6.07) is 4.60. The molecule has 1 aromatic carbocycles. The number of aliphatic carboxylic acids is 1. The standard InChI is InChI=1S/C20H26FNO4/c1-19(2,3)13-8-10-20(11-9-13)22(16(12-26-20)18(24)25)17(23)14-6-4-5-7-15(14)21/h4-7,13,16H,8-12H2,1-3H3,(H,24,25). The topological polar surface area (TPSA) is 66.8 Å². The van der Waals surface area contributed by atoms with Crippen LogP contribution in [0.15, 0.2) is 24.3 Å². The van der Waals surface area contributed by atoms with Gasteiger partial charge in [0.05, 0.1) is 12.2 Å². The number of ether oxygens (including phenoxy) is 1. The molecule has 1 aliphatic heterocycles. The van der Waals surface area contributed by atoms with Gasteiger partial charge in [-0.25, -0.2) is 9.18 Å². The van der Waals surface area contributed by atoms with Crippen LogP contribution in [0.1, 0.15) is 56.8 Å². The number of nitrogens with zero attached hydrogens (tertiary/aromatic N) is 1. The zero-order valence-corrected chi connectivity index (χ0v) is 15.5. The second kappa shape index (κ2) is 6.65. The first-order chi connectivity index (χ1) is 12.2. The van der Waals surface area contributed by atoms with Crippen molar-refractivity contribution in [3.63, 3.8) is 0 Å². The molecule has 1 aromatic rings. The van der Waals surface area contributed by atoms with Crippen molar-refractivity contribution in [1.29, 1.82) is 0 Å². The van der Waals surface area contributed by atoms with E-state index in [9.17, 15) is 19.1 Å². The molecule has 142 valence electrons. The zero-order chi connectivity index (χ0) is 19.1. The average molecular weight is 363 g/mol. The lowest BCUT2D eigenvalue weighted by atomic mass is 9.70. The van der Waals surface area contributed by atoms with Crippen LogP contribution in [-0.4, -0.2) is 40.3 Å². The number of carbonyl (C=O) groups is 2. The average Bonchev–Trinajstić information content (AvgIpc) is 2.93. The van der Waals surface area contributed by atoms with E-state index in [-0.39, 0.29) is 17.6 Å². The minimum absolute atomic E-state index is 0.0598. The van der Waals surface area contributed by atoms with Crippen LogP contribution in [0.3, 0.4) is 0 Å². The molecule has 1 saturated heterocycles. The number of halogens is 1. The fourth-order valence-corrected chi connectivity index (χ4v) is 4.26. The SMILES string of the molecule is CC(C)(C)C1CCC2(CC1)OCC(C(=O)O)N2C(=O)c1ccccc1F. The predicted octanol–water partition coefficient (Wildman–Crippen LogP) is 3.68. The molecule has 2 fully saturated rings. The molecule has 0 aromatic heterocycles. The van der Waals surface area contributed by atoms with E-state index in [0.717, 1.165) is 12.8 Å². The van der Waals surface area contributed by atoms with Crippen LogP contribution in [0.5, 0.6) is 0 Å². The van der Waals surface area contributed by atoms with Crippen molar-refractivity contribution in [2.24, 2.45) is 11.3 Å². The second-order valence-corrected chi connectivity index (χ2v) is 8.41. The lowest BCUT2D eigenvalue weighted by Crippen LogP contribution is -2.55. The molecule has 3 rings (SSSR count). The van der Waals surface area contributed by atoms with Crippen LogP contribution in [0.4, 0.5) is 4.39 Å². The van der Waals surface area contributed by atoms with Gasteiger partial charge in [0, 0.05) is 0 Å². The van der Waals surface area contributed by atoms with Crippen molar-refractivity contribution in [1.82, 2.24) is 4.90 Å². The van der Waals surface area contributed by atoms with Crippen molar-refractivity contribution >= 4 is 11.9 Å². The van der Waals surface area contributed by atoms with Crippen LogP contribution >= 0.6 is 0 Å². The third kappa shape index (κ3) is 3.22. The summed E-state index contributed by atoms with van der Waals surface area (Å²) in [4.78, 5) is 26.1. The van der Waals surface area contributed by atoms with E-state index < -0.39 is 29.5 Å². The van der Waals surface area contributed by atoms with E-state index in [1.165, 1.54) is 23.1 Å². The molecule has 1 unspecified atom stereocenters. The zero-order valence-electron chi connectivity index (χ0n) is 15.5. The number of amides is 1. The molecule has 1 aliphatic carbocycles. The Morgan fingerprint density at radius 3 is 2.38 bits per heavy atom. The summed E-state index contributed by atoms with van der Waals surface area (Å²) in [5, 5.41) is 9.58. The van der Waals surface area contributed by atoms with Crippen LogP contribution in [0, 0.1) is 17.2 Å². The summed E-state index contributed by atoms with van der Waals surface area (Å²) in [5.74, 6) is -1.90. The number of carboxylic acid groups (broad SMARTS) is 1. The highest BCUT2D eigenvalue weighted by Gasteiger charge is 2.55. The molecule has 1 spiro atoms. The lowest BCUT2D eigenvalue weighted by molar-refractivity contribution is -0.144. The predicted molar refractivity (Wildman–Crippen MR) is 94.1 cm³/mol. The summed E-state index contributed by atoms with van der Waals surface area (Å²) in [7, 11) is 0. The molecule has 1 amide bonds. The van der Waals surface area contributed by atoms with Crippen molar-refractivity contribution in [3.8, 4) is 0 Å². The Kier molecular flexibility index (Phi) is 4.82. The second-order valence-electron chi connectivity index (χ2n) is 8.41. The van der Waals surface area contributed by atoms with Crippen LogP contribution in [-0.2, 0) is 9.53 Å². The smallest absolute Gasteiger partial charge is 0.328 e. The third-order valence-electron chi connectivity index (χ3n) is 5.86. The van der Waals surface area contributed by atoms with Gasteiger partial charge in [-0.1, -0.05) is 32.9 Å². The molecule has 1 saturated carbocycles. The normalized spacial score (nSPS) is 29.2. The molecule has 0 bridgehead atoms. The monoisotopic (exact) mass is 363 g/mol. The Hall–Kier alpha value is -1.95. The van der Waals surface area contributed by atoms with Gasteiger partial charge in [-0.05, 0) is 49.1 Å². The quantitative estimate of drug-likeness (QED) is 0.870. The van der Waals surface area contributed by atoms with Gasteiger partial charge < -0.3 is 9.84 Å². The van der Waals surface area contributed by atoms with Crippen molar-refractivity contribution in [2.75, 3.05) is 6.61 Å². The Labute approximate surface area is 153 Å². The Morgan fingerprint density at radius 2 is 1.85 bits per heavy atom. The fourth-order valence-electron chi connectivity index (χ4n) is 4.26. The van der Waals surface area contributed by atoms with E-state index in [4.69, 9.17) is 4.74 Å². The number of hydrogen-bond acceptors (Lipinski definition) is 3. The van der Waals surface area contributed by atoms with Crippen molar-refractivity contribution in [2.45, 2.75) is 58.2 Å². The third-order valence-corrected chi connectivity index (χ3v) is 5.86. The number of hydrogen-bond donors (Lipinski definition) is 1. The van der Waals surface area contributed by atoms with Gasteiger partial charge in [-0.15, -0.1) is 0 Å². The first kappa shape index (κ1) is 18.8. The minimum Gasteiger partial charge on any atom is -0.480 e. The molecule has 2 aliphatic rings. The maximum Gasteiger partial charge on any atom is 0.328 e. The number of carbonyl (C=O) groups excluding carboxylic acids is 1. The van der Waals surface area contributed by atoms with Gasteiger partial charge in [0.2, 0.25) is 0 Å². The Bertz CT molecular complexity index is 704. The summed E-state index contributed by atoms with van der Waals surface area (Å²) in [6.45, 7) is 6.50. The summed E-state index contributed by atoms with van der Waals surface area (Å²) in [6.07, 6.45) is 2.83. The van der Waals surface area contributed by atoms with Crippen LogP contribution in [0.2, 0.25) is 0 Å². The number of rotatable bonds is 2.